The topological polar surface area (TPSA) is 41.8 Å². The number of nitrogens with two attached hydrogens (primary N) is 1. The van der Waals surface area contributed by atoms with Crippen molar-refractivity contribution in [3.05, 3.63) is 35.8 Å². The van der Waals surface area contributed by atoms with Crippen molar-refractivity contribution in [3.8, 4) is 0 Å². The molecule has 0 aliphatic carbocycles. The molecule has 0 saturated heterocycles. The number of hydrogen-bond acceptors (Lipinski definition) is 1. The zero-order chi connectivity index (χ0) is 10.1. The van der Waals surface area contributed by atoms with Gasteiger partial charge in [-0.25, -0.2) is 4.39 Å². The van der Waals surface area contributed by atoms with E-state index in [4.69, 9.17) is 5.73 Å². The molecule has 0 aliphatic heterocycles. The van der Waals surface area contributed by atoms with Gasteiger partial charge in [-0.3, -0.25) is 0 Å². The van der Waals surface area contributed by atoms with E-state index < -0.39 is 0 Å². The molecule has 0 bridgehead atoms. The van der Waals surface area contributed by atoms with Gasteiger partial charge in [0.25, 0.3) is 0 Å². The highest BCUT2D eigenvalue weighted by molar-refractivity contribution is 5.80. The van der Waals surface area contributed by atoms with Gasteiger partial charge in [-0.15, -0.1) is 0 Å². The molecule has 1 unspecified atom stereocenters. The molecule has 0 amide bonds. The van der Waals surface area contributed by atoms with Crippen molar-refractivity contribution in [1.29, 1.82) is 0 Å². The van der Waals surface area contributed by atoms with Gasteiger partial charge in [-0.05, 0) is 30.7 Å². The second-order valence-corrected chi connectivity index (χ2v) is 3.47. The SMILES string of the molecule is CCC(N)c1cc2cc(F)ccc2[nH]1. The molecule has 2 nitrogen and oxygen atoms in total. The van der Waals surface area contributed by atoms with E-state index in [2.05, 4.69) is 4.98 Å². The van der Waals surface area contributed by atoms with Crippen molar-refractivity contribution in [2.75, 3.05) is 0 Å². The molecule has 0 aliphatic rings. The Morgan fingerprint density at radius 2 is 2.21 bits per heavy atom. The van der Waals surface area contributed by atoms with Gasteiger partial charge < -0.3 is 10.7 Å². The third-order valence-electron chi connectivity index (χ3n) is 2.44. The molecule has 0 radical (unpaired) electrons. The van der Waals surface area contributed by atoms with Gasteiger partial charge in [0.05, 0.1) is 0 Å². The smallest absolute Gasteiger partial charge is 0.123 e. The number of aromatic amines is 1. The van der Waals surface area contributed by atoms with Gasteiger partial charge in [-0.1, -0.05) is 6.92 Å². The maximum Gasteiger partial charge on any atom is 0.123 e. The number of fused-ring (bicyclic) bond motifs is 1. The molecule has 3 heteroatoms. The van der Waals surface area contributed by atoms with E-state index in [1.165, 1.54) is 12.1 Å². The largest absolute Gasteiger partial charge is 0.357 e. The predicted octanol–water partition coefficient (Wildman–Crippen LogP) is 2.72. The molecule has 3 N–H and O–H groups in total. The molecule has 2 aromatic rings. The Kier molecular flexibility index (Phi) is 2.25. The highest BCUT2D eigenvalue weighted by Crippen LogP contribution is 2.21. The van der Waals surface area contributed by atoms with E-state index in [0.29, 0.717) is 0 Å². The first kappa shape index (κ1) is 9.21. The lowest BCUT2D eigenvalue weighted by Gasteiger charge is -2.03. The minimum absolute atomic E-state index is 0.00506. The molecule has 1 aromatic carbocycles. The highest BCUT2D eigenvalue weighted by atomic mass is 19.1. The fraction of sp³-hybridized carbons (Fsp3) is 0.273. The molecular weight excluding hydrogens is 179 g/mol. The molecule has 0 spiro atoms. The number of rotatable bonds is 2. The second-order valence-electron chi connectivity index (χ2n) is 3.47. The number of aromatic nitrogens is 1. The molecule has 1 atom stereocenters. The lowest BCUT2D eigenvalue weighted by atomic mass is 10.1. The van der Waals surface area contributed by atoms with Crippen molar-refractivity contribution >= 4 is 10.9 Å². The van der Waals surface area contributed by atoms with Crippen LogP contribution in [-0.2, 0) is 0 Å². The van der Waals surface area contributed by atoms with Gasteiger partial charge in [0, 0.05) is 22.6 Å². The average Bonchev–Trinajstić information content (AvgIpc) is 2.59. The van der Waals surface area contributed by atoms with E-state index in [0.717, 1.165) is 23.0 Å². The quantitative estimate of drug-likeness (QED) is 0.754. The first-order valence-corrected chi connectivity index (χ1v) is 4.74. The van der Waals surface area contributed by atoms with Crippen molar-refractivity contribution in [2.45, 2.75) is 19.4 Å². The Balaban J connectivity index is 2.51. The van der Waals surface area contributed by atoms with Crippen LogP contribution in [0.3, 0.4) is 0 Å². The monoisotopic (exact) mass is 192 g/mol. The number of H-pyrrole nitrogens is 1. The normalized spacial score (nSPS) is 13.4. The van der Waals surface area contributed by atoms with Crippen LogP contribution in [0, 0.1) is 5.82 Å². The fourth-order valence-electron chi connectivity index (χ4n) is 1.55. The Labute approximate surface area is 81.9 Å². The molecule has 2 rings (SSSR count). The molecule has 74 valence electrons. The van der Waals surface area contributed by atoms with Gasteiger partial charge in [0.15, 0.2) is 0 Å². The molecule has 1 aromatic heterocycles. The van der Waals surface area contributed by atoms with Gasteiger partial charge in [0.2, 0.25) is 0 Å². The first-order chi connectivity index (χ1) is 6.70. The molecular formula is C11H13FN2. The summed E-state index contributed by atoms with van der Waals surface area (Å²) in [5.74, 6) is -0.215. The van der Waals surface area contributed by atoms with Crippen LogP contribution in [0.2, 0.25) is 0 Å². The molecule has 1 heterocycles. The van der Waals surface area contributed by atoms with E-state index in [9.17, 15) is 4.39 Å². The maximum absolute atomic E-state index is 12.9. The summed E-state index contributed by atoms with van der Waals surface area (Å²) < 4.78 is 12.9. The Morgan fingerprint density at radius 3 is 2.93 bits per heavy atom. The summed E-state index contributed by atoms with van der Waals surface area (Å²) in [7, 11) is 0. The van der Waals surface area contributed by atoms with Crippen LogP contribution >= 0.6 is 0 Å². The number of halogens is 1. The number of hydrogen-bond donors (Lipinski definition) is 2. The lowest BCUT2D eigenvalue weighted by molar-refractivity contribution is 0.630. The zero-order valence-electron chi connectivity index (χ0n) is 8.05. The molecule has 14 heavy (non-hydrogen) atoms. The third-order valence-corrected chi connectivity index (χ3v) is 2.44. The van der Waals surface area contributed by atoms with Crippen LogP contribution in [0.15, 0.2) is 24.3 Å². The average molecular weight is 192 g/mol. The van der Waals surface area contributed by atoms with E-state index in [1.807, 2.05) is 13.0 Å². The van der Waals surface area contributed by atoms with Crippen LogP contribution in [0.25, 0.3) is 10.9 Å². The third kappa shape index (κ3) is 1.51. The summed E-state index contributed by atoms with van der Waals surface area (Å²) in [4.78, 5) is 3.18. The summed E-state index contributed by atoms with van der Waals surface area (Å²) in [5, 5.41) is 0.879. The summed E-state index contributed by atoms with van der Waals surface area (Å²) in [5.41, 5.74) is 7.77. The van der Waals surface area contributed by atoms with Crippen LogP contribution < -0.4 is 5.73 Å². The van der Waals surface area contributed by atoms with Crippen molar-refractivity contribution < 1.29 is 4.39 Å². The Morgan fingerprint density at radius 1 is 1.43 bits per heavy atom. The number of nitrogens with one attached hydrogen (secondary N) is 1. The minimum atomic E-state index is -0.215. The van der Waals surface area contributed by atoms with Crippen molar-refractivity contribution in [3.63, 3.8) is 0 Å². The van der Waals surface area contributed by atoms with Gasteiger partial charge in [-0.2, -0.15) is 0 Å². The van der Waals surface area contributed by atoms with Crippen LogP contribution in [0.5, 0.6) is 0 Å². The summed E-state index contributed by atoms with van der Waals surface area (Å²) in [6.07, 6.45) is 0.870. The van der Waals surface area contributed by atoms with Crippen LogP contribution in [-0.4, -0.2) is 4.98 Å². The van der Waals surface area contributed by atoms with Gasteiger partial charge in [0.1, 0.15) is 5.82 Å². The Hall–Kier alpha value is -1.35. The van der Waals surface area contributed by atoms with Crippen molar-refractivity contribution in [1.82, 2.24) is 4.98 Å². The zero-order valence-corrected chi connectivity index (χ0v) is 8.05. The van der Waals surface area contributed by atoms with E-state index >= 15 is 0 Å². The summed E-state index contributed by atoms with van der Waals surface area (Å²) in [6, 6.07) is 6.60. The predicted molar refractivity (Wildman–Crippen MR) is 55.5 cm³/mol. The molecule has 0 saturated carbocycles. The fourth-order valence-corrected chi connectivity index (χ4v) is 1.55. The second kappa shape index (κ2) is 3.42. The van der Waals surface area contributed by atoms with Crippen molar-refractivity contribution in [2.24, 2.45) is 5.73 Å². The number of benzene rings is 1. The van der Waals surface area contributed by atoms with Crippen LogP contribution in [0.4, 0.5) is 4.39 Å². The Bertz CT molecular complexity index is 447. The lowest BCUT2D eigenvalue weighted by Crippen LogP contribution is -2.08. The summed E-state index contributed by atoms with van der Waals surface area (Å²) >= 11 is 0. The minimum Gasteiger partial charge on any atom is -0.357 e. The van der Waals surface area contributed by atoms with Gasteiger partial charge >= 0.3 is 0 Å². The van der Waals surface area contributed by atoms with Crippen LogP contribution in [0.1, 0.15) is 25.1 Å². The van der Waals surface area contributed by atoms with E-state index in [-0.39, 0.29) is 11.9 Å². The first-order valence-electron chi connectivity index (χ1n) is 4.74. The highest BCUT2D eigenvalue weighted by Gasteiger charge is 2.07. The summed E-state index contributed by atoms with van der Waals surface area (Å²) in [6.45, 7) is 2.02. The standard InChI is InChI=1S/C11H13FN2/c1-2-9(13)11-6-7-5-8(12)3-4-10(7)14-11/h3-6,9,14H,2,13H2,1H3. The van der Waals surface area contributed by atoms with E-state index in [1.54, 1.807) is 6.07 Å². The molecule has 0 fully saturated rings. The maximum atomic E-state index is 12.9.